The lowest BCUT2D eigenvalue weighted by Crippen LogP contribution is -2.54. The first-order valence-electron chi connectivity index (χ1n) is 14.0. The largest absolute Gasteiger partial charge is 0.355 e. The SMILES string of the molecule is CC(C)[C@@H]1CN(C(=O)c2cn3cccnc3n2)CC(=O)NCCCc2ccc(F)c(c2)C(=O)N2CCC[C@H]2C(=O)N1. The fourth-order valence-electron chi connectivity index (χ4n) is 5.33. The molecule has 12 heteroatoms. The molecule has 2 aliphatic heterocycles. The summed E-state index contributed by atoms with van der Waals surface area (Å²) in [5.74, 6) is -2.09. The fourth-order valence-corrected chi connectivity index (χ4v) is 5.33. The number of halogens is 1. The van der Waals surface area contributed by atoms with Crippen molar-refractivity contribution in [3.05, 3.63) is 65.5 Å². The van der Waals surface area contributed by atoms with Gasteiger partial charge in [-0.05, 0) is 55.4 Å². The van der Waals surface area contributed by atoms with E-state index in [2.05, 4.69) is 20.6 Å². The van der Waals surface area contributed by atoms with Gasteiger partial charge in [0.1, 0.15) is 17.6 Å². The number of hydrogen-bond donors (Lipinski definition) is 2. The molecule has 3 aromatic rings. The number of carbonyl (C=O) groups excluding carboxylic acids is 4. The molecule has 2 N–H and O–H groups in total. The Morgan fingerprint density at radius 3 is 2.78 bits per heavy atom. The fraction of sp³-hybridized carbons (Fsp3) is 0.448. The monoisotopic (exact) mass is 563 g/mol. The highest BCUT2D eigenvalue weighted by atomic mass is 19.1. The summed E-state index contributed by atoms with van der Waals surface area (Å²) in [5.41, 5.74) is 0.824. The predicted octanol–water partition coefficient (Wildman–Crippen LogP) is 1.82. The van der Waals surface area contributed by atoms with E-state index in [1.807, 2.05) is 13.8 Å². The van der Waals surface area contributed by atoms with Crippen LogP contribution in [0, 0.1) is 11.7 Å². The zero-order valence-electron chi connectivity index (χ0n) is 23.2. The van der Waals surface area contributed by atoms with E-state index in [9.17, 15) is 23.6 Å². The Labute approximate surface area is 237 Å². The Morgan fingerprint density at radius 1 is 1.17 bits per heavy atom. The van der Waals surface area contributed by atoms with Crippen LogP contribution in [-0.2, 0) is 16.0 Å². The molecule has 0 saturated carbocycles. The van der Waals surface area contributed by atoms with Crippen LogP contribution in [0.5, 0.6) is 0 Å². The van der Waals surface area contributed by atoms with Crippen molar-refractivity contribution in [1.29, 1.82) is 0 Å². The van der Waals surface area contributed by atoms with Crippen LogP contribution in [0.15, 0.2) is 42.9 Å². The average molecular weight is 564 g/mol. The highest BCUT2D eigenvalue weighted by Gasteiger charge is 2.37. The van der Waals surface area contributed by atoms with Crippen molar-refractivity contribution in [2.75, 3.05) is 26.2 Å². The molecule has 0 spiro atoms. The van der Waals surface area contributed by atoms with Crippen molar-refractivity contribution in [2.45, 2.75) is 51.6 Å². The topological polar surface area (TPSA) is 129 Å². The van der Waals surface area contributed by atoms with E-state index in [0.29, 0.717) is 44.6 Å². The minimum atomic E-state index is -0.764. The van der Waals surface area contributed by atoms with Crippen molar-refractivity contribution < 1.29 is 23.6 Å². The van der Waals surface area contributed by atoms with E-state index < -0.39 is 29.7 Å². The first-order chi connectivity index (χ1) is 19.7. The Kier molecular flexibility index (Phi) is 8.27. The van der Waals surface area contributed by atoms with Gasteiger partial charge < -0.3 is 20.4 Å². The molecular formula is C29H34FN7O4. The summed E-state index contributed by atoms with van der Waals surface area (Å²) >= 11 is 0. The number of rotatable bonds is 2. The number of aryl methyl sites for hydroxylation is 1. The number of hydrogen-bond acceptors (Lipinski definition) is 6. The van der Waals surface area contributed by atoms with Gasteiger partial charge in [0, 0.05) is 44.3 Å². The lowest BCUT2D eigenvalue weighted by atomic mass is 10.0. The number of imidazole rings is 1. The highest BCUT2D eigenvalue weighted by Crippen LogP contribution is 2.23. The van der Waals surface area contributed by atoms with Gasteiger partial charge in [0.2, 0.25) is 17.6 Å². The van der Waals surface area contributed by atoms with Crippen LogP contribution < -0.4 is 10.6 Å². The zero-order chi connectivity index (χ0) is 29.1. The van der Waals surface area contributed by atoms with Crippen LogP contribution in [0.2, 0.25) is 0 Å². The molecule has 0 aliphatic carbocycles. The quantitative estimate of drug-likeness (QED) is 0.490. The van der Waals surface area contributed by atoms with Gasteiger partial charge in [0.25, 0.3) is 11.8 Å². The Bertz CT molecular complexity index is 1440. The summed E-state index contributed by atoms with van der Waals surface area (Å²) in [7, 11) is 0. The van der Waals surface area contributed by atoms with E-state index in [-0.39, 0.29) is 42.1 Å². The van der Waals surface area contributed by atoms with Gasteiger partial charge in [-0.25, -0.2) is 14.4 Å². The van der Waals surface area contributed by atoms with Crippen molar-refractivity contribution in [2.24, 2.45) is 5.92 Å². The molecule has 4 amide bonds. The van der Waals surface area contributed by atoms with Gasteiger partial charge in [0.15, 0.2) is 0 Å². The third-order valence-corrected chi connectivity index (χ3v) is 7.67. The van der Waals surface area contributed by atoms with E-state index in [4.69, 9.17) is 0 Å². The molecule has 2 bridgehead atoms. The lowest BCUT2D eigenvalue weighted by Gasteiger charge is -2.32. The van der Waals surface area contributed by atoms with Gasteiger partial charge in [-0.1, -0.05) is 19.9 Å². The molecule has 0 unspecified atom stereocenters. The minimum Gasteiger partial charge on any atom is -0.355 e. The maximum atomic E-state index is 14.7. The summed E-state index contributed by atoms with van der Waals surface area (Å²) in [6.07, 6.45) is 6.99. The van der Waals surface area contributed by atoms with E-state index in [1.165, 1.54) is 21.9 Å². The minimum absolute atomic E-state index is 0.0486. The third kappa shape index (κ3) is 6.21. The van der Waals surface area contributed by atoms with Gasteiger partial charge >= 0.3 is 0 Å². The van der Waals surface area contributed by atoms with Crippen molar-refractivity contribution in [3.63, 3.8) is 0 Å². The number of nitrogens with zero attached hydrogens (tertiary/aromatic N) is 5. The van der Waals surface area contributed by atoms with Crippen LogP contribution in [0.4, 0.5) is 4.39 Å². The molecule has 1 saturated heterocycles. The molecule has 4 heterocycles. The van der Waals surface area contributed by atoms with Crippen LogP contribution in [0.25, 0.3) is 5.78 Å². The highest BCUT2D eigenvalue weighted by molar-refractivity contribution is 5.98. The number of amides is 4. The van der Waals surface area contributed by atoms with Crippen LogP contribution in [0.1, 0.15) is 59.5 Å². The van der Waals surface area contributed by atoms with Gasteiger partial charge in [-0.3, -0.25) is 23.6 Å². The first kappa shape index (κ1) is 28.2. The van der Waals surface area contributed by atoms with E-state index >= 15 is 0 Å². The maximum absolute atomic E-state index is 14.7. The van der Waals surface area contributed by atoms with Crippen molar-refractivity contribution in [3.8, 4) is 0 Å². The molecular weight excluding hydrogens is 529 g/mol. The van der Waals surface area contributed by atoms with E-state index in [1.54, 1.807) is 35.1 Å². The number of nitrogens with one attached hydrogen (secondary N) is 2. The summed E-state index contributed by atoms with van der Waals surface area (Å²) < 4.78 is 16.4. The summed E-state index contributed by atoms with van der Waals surface area (Å²) in [6.45, 7) is 4.31. The molecule has 2 aromatic heterocycles. The third-order valence-electron chi connectivity index (χ3n) is 7.67. The van der Waals surface area contributed by atoms with Gasteiger partial charge in [-0.2, -0.15) is 0 Å². The molecule has 1 aromatic carbocycles. The van der Waals surface area contributed by atoms with Crippen LogP contribution in [0.3, 0.4) is 0 Å². The lowest BCUT2D eigenvalue weighted by molar-refractivity contribution is -0.126. The molecule has 0 radical (unpaired) electrons. The van der Waals surface area contributed by atoms with Crippen LogP contribution >= 0.6 is 0 Å². The molecule has 2 aliphatic rings. The van der Waals surface area contributed by atoms with Gasteiger partial charge in [0.05, 0.1) is 12.1 Å². The molecule has 1 fully saturated rings. The predicted molar refractivity (Wildman–Crippen MR) is 147 cm³/mol. The Morgan fingerprint density at radius 2 is 2.00 bits per heavy atom. The molecule has 216 valence electrons. The Hall–Kier alpha value is -4.35. The number of benzene rings is 1. The second-order valence-electron chi connectivity index (χ2n) is 10.9. The standard InChI is InChI=1S/C29H34FN7O4/c1-18(2)22-15-36(28(41)23-16-35-12-5-11-32-29(35)34-23)17-25(38)31-10-3-6-19-8-9-21(30)20(14-19)27(40)37-13-4-7-24(37)26(39)33-22/h5,8-9,11-12,14,16,18,22,24H,3-4,6-7,10,13,15,17H2,1-2H3,(H,31,38)(H,33,39)/t22-,24-/m0/s1. The molecule has 41 heavy (non-hydrogen) atoms. The van der Waals surface area contributed by atoms with Crippen molar-refractivity contribution >= 4 is 29.4 Å². The Balaban J connectivity index is 1.45. The summed E-state index contributed by atoms with van der Waals surface area (Å²) in [5, 5.41) is 5.86. The first-order valence-corrected chi connectivity index (χ1v) is 14.0. The van der Waals surface area contributed by atoms with Crippen molar-refractivity contribution in [1.82, 2.24) is 34.8 Å². The number of fused-ring (bicyclic) bond motifs is 4. The maximum Gasteiger partial charge on any atom is 0.274 e. The normalized spacial score (nSPS) is 21.0. The molecule has 2 atom stereocenters. The zero-order valence-corrected chi connectivity index (χ0v) is 23.2. The second-order valence-corrected chi connectivity index (χ2v) is 10.9. The molecule has 11 nitrogen and oxygen atoms in total. The summed E-state index contributed by atoms with van der Waals surface area (Å²) in [4.78, 5) is 64.9. The number of carbonyl (C=O) groups is 4. The van der Waals surface area contributed by atoms with Gasteiger partial charge in [-0.15, -0.1) is 0 Å². The summed E-state index contributed by atoms with van der Waals surface area (Å²) in [6, 6.07) is 4.85. The second kappa shape index (κ2) is 12.0. The molecule has 5 rings (SSSR count). The van der Waals surface area contributed by atoms with E-state index in [0.717, 1.165) is 5.56 Å². The number of aromatic nitrogens is 3. The smallest absolute Gasteiger partial charge is 0.274 e. The van der Waals surface area contributed by atoms with Crippen LogP contribution in [-0.4, -0.2) is 86.1 Å². The average Bonchev–Trinajstić information content (AvgIpc) is 3.62.